The number of methoxy groups -OCH3 is 1. The Morgan fingerprint density at radius 1 is 0.808 bits per heavy atom. The number of carbonyl (C=O) groups excluding carboxylic acids is 1. The van der Waals surface area contributed by atoms with Crippen molar-refractivity contribution in [2.75, 3.05) is 7.11 Å². The number of carbonyl (C=O) groups is 1. The van der Waals surface area contributed by atoms with Gasteiger partial charge in [0, 0.05) is 16.7 Å². The van der Waals surface area contributed by atoms with Crippen molar-refractivity contribution in [3.8, 4) is 5.75 Å². The van der Waals surface area contributed by atoms with Crippen molar-refractivity contribution in [3.63, 3.8) is 0 Å². The van der Waals surface area contributed by atoms with Crippen molar-refractivity contribution >= 4 is 11.6 Å². The zero-order chi connectivity index (χ0) is 18.4. The lowest BCUT2D eigenvalue weighted by Gasteiger charge is -2.09. The average molecular weight is 344 g/mol. The van der Waals surface area contributed by atoms with E-state index in [2.05, 4.69) is 10.5 Å². The minimum absolute atomic E-state index is 0.270. The number of hydrogen-bond acceptors (Lipinski definition) is 3. The van der Waals surface area contributed by atoms with Crippen LogP contribution in [-0.4, -0.2) is 18.7 Å². The van der Waals surface area contributed by atoms with Gasteiger partial charge < -0.3 is 4.74 Å². The van der Waals surface area contributed by atoms with E-state index in [1.54, 1.807) is 31.4 Å². The third-order valence-corrected chi connectivity index (χ3v) is 3.99. The summed E-state index contributed by atoms with van der Waals surface area (Å²) < 4.78 is 5.11. The van der Waals surface area contributed by atoms with Gasteiger partial charge in [-0.3, -0.25) is 4.79 Å². The molecule has 3 aromatic carbocycles. The highest BCUT2D eigenvalue weighted by Gasteiger charge is 2.09. The number of hydrogen-bond donors (Lipinski definition) is 1. The molecular weight excluding hydrogens is 324 g/mol. The fourth-order valence-corrected chi connectivity index (χ4v) is 2.52. The highest BCUT2D eigenvalue weighted by Crippen LogP contribution is 2.13. The van der Waals surface area contributed by atoms with Gasteiger partial charge in [0.2, 0.25) is 0 Å². The van der Waals surface area contributed by atoms with E-state index < -0.39 is 0 Å². The van der Waals surface area contributed by atoms with Gasteiger partial charge in [0.05, 0.1) is 12.8 Å². The van der Waals surface area contributed by atoms with Crippen LogP contribution in [0.2, 0.25) is 0 Å². The monoisotopic (exact) mass is 344 g/mol. The van der Waals surface area contributed by atoms with Gasteiger partial charge in [0.15, 0.2) is 0 Å². The molecule has 0 saturated heterocycles. The molecule has 0 atom stereocenters. The second kappa shape index (κ2) is 8.12. The SMILES string of the molecule is COc1ccc(C(=O)NN=C(c2ccccc2)c2ccc(C)cc2)cc1. The first kappa shape index (κ1) is 17.4. The summed E-state index contributed by atoms with van der Waals surface area (Å²) in [7, 11) is 1.59. The van der Waals surface area contributed by atoms with Crippen LogP contribution in [0.4, 0.5) is 0 Å². The Morgan fingerprint density at radius 3 is 2.00 bits per heavy atom. The summed E-state index contributed by atoms with van der Waals surface area (Å²) in [5.41, 5.74) is 6.94. The highest BCUT2D eigenvalue weighted by atomic mass is 16.5. The smallest absolute Gasteiger partial charge is 0.271 e. The van der Waals surface area contributed by atoms with E-state index in [0.717, 1.165) is 11.1 Å². The Bertz CT molecular complexity index is 899. The van der Waals surface area contributed by atoms with Crippen molar-refractivity contribution < 1.29 is 9.53 Å². The first-order valence-electron chi connectivity index (χ1n) is 8.32. The van der Waals surface area contributed by atoms with Crippen molar-refractivity contribution in [2.24, 2.45) is 5.10 Å². The normalized spacial score (nSPS) is 11.1. The van der Waals surface area contributed by atoms with Gasteiger partial charge in [0.1, 0.15) is 5.75 Å². The van der Waals surface area contributed by atoms with Crippen LogP contribution in [0.1, 0.15) is 27.0 Å². The molecule has 26 heavy (non-hydrogen) atoms. The zero-order valence-electron chi connectivity index (χ0n) is 14.8. The lowest BCUT2D eigenvalue weighted by atomic mass is 10.0. The molecule has 0 radical (unpaired) electrons. The lowest BCUT2D eigenvalue weighted by molar-refractivity contribution is 0.0955. The number of rotatable bonds is 5. The predicted molar refractivity (Wildman–Crippen MR) is 104 cm³/mol. The van der Waals surface area contributed by atoms with Crippen LogP contribution in [0, 0.1) is 6.92 Å². The standard InChI is InChI=1S/C22H20N2O2/c1-16-8-10-18(11-9-16)21(17-6-4-3-5-7-17)23-24-22(25)19-12-14-20(26-2)15-13-19/h3-15H,1-2H3,(H,24,25). The number of nitrogens with zero attached hydrogens (tertiary/aromatic N) is 1. The summed E-state index contributed by atoms with van der Waals surface area (Å²) in [5, 5.41) is 4.40. The van der Waals surface area contributed by atoms with Crippen LogP contribution >= 0.6 is 0 Å². The summed E-state index contributed by atoms with van der Waals surface area (Å²) >= 11 is 0. The number of aryl methyl sites for hydroxylation is 1. The van der Waals surface area contributed by atoms with Gasteiger partial charge in [-0.25, -0.2) is 5.43 Å². The zero-order valence-corrected chi connectivity index (χ0v) is 14.8. The molecule has 0 bridgehead atoms. The molecule has 0 aliphatic rings. The van der Waals surface area contributed by atoms with Crippen LogP contribution < -0.4 is 10.2 Å². The van der Waals surface area contributed by atoms with Crippen LogP contribution in [0.5, 0.6) is 5.75 Å². The molecule has 0 aliphatic carbocycles. The van der Waals surface area contributed by atoms with E-state index in [1.807, 2.05) is 61.5 Å². The summed E-state index contributed by atoms with van der Waals surface area (Å²) in [6, 6.07) is 24.7. The maximum Gasteiger partial charge on any atom is 0.271 e. The van der Waals surface area contributed by atoms with E-state index in [4.69, 9.17) is 4.74 Å². The molecule has 0 fully saturated rings. The number of hydrazone groups is 1. The minimum atomic E-state index is -0.270. The molecule has 3 aromatic rings. The van der Waals surface area contributed by atoms with E-state index in [1.165, 1.54) is 5.56 Å². The summed E-state index contributed by atoms with van der Waals surface area (Å²) in [4.78, 5) is 12.4. The molecular formula is C22H20N2O2. The van der Waals surface area contributed by atoms with E-state index in [-0.39, 0.29) is 5.91 Å². The summed E-state index contributed by atoms with van der Waals surface area (Å²) in [5.74, 6) is 0.433. The Kier molecular flexibility index (Phi) is 5.44. The average Bonchev–Trinajstić information content (AvgIpc) is 2.70. The van der Waals surface area contributed by atoms with Gasteiger partial charge in [-0.15, -0.1) is 0 Å². The molecule has 130 valence electrons. The Balaban J connectivity index is 1.88. The maximum absolute atomic E-state index is 12.4. The fourth-order valence-electron chi connectivity index (χ4n) is 2.52. The molecule has 4 nitrogen and oxygen atoms in total. The molecule has 0 aromatic heterocycles. The lowest BCUT2D eigenvalue weighted by Crippen LogP contribution is -2.20. The third-order valence-electron chi connectivity index (χ3n) is 3.99. The first-order chi connectivity index (χ1) is 12.7. The fraction of sp³-hybridized carbons (Fsp3) is 0.0909. The predicted octanol–water partition coefficient (Wildman–Crippen LogP) is 4.19. The second-order valence-electron chi connectivity index (χ2n) is 5.86. The molecule has 4 heteroatoms. The largest absolute Gasteiger partial charge is 0.497 e. The van der Waals surface area contributed by atoms with Crippen molar-refractivity contribution in [2.45, 2.75) is 6.92 Å². The Morgan fingerprint density at radius 2 is 1.38 bits per heavy atom. The third kappa shape index (κ3) is 4.16. The molecule has 0 unspecified atom stereocenters. The highest BCUT2D eigenvalue weighted by molar-refractivity contribution is 6.13. The second-order valence-corrected chi connectivity index (χ2v) is 5.86. The molecule has 0 heterocycles. The Labute approximate surface area is 153 Å². The van der Waals surface area contributed by atoms with Crippen molar-refractivity contribution in [1.82, 2.24) is 5.43 Å². The van der Waals surface area contributed by atoms with Gasteiger partial charge in [-0.1, -0.05) is 60.2 Å². The summed E-state index contributed by atoms with van der Waals surface area (Å²) in [6.45, 7) is 2.04. The van der Waals surface area contributed by atoms with Crippen LogP contribution in [0.15, 0.2) is 84.0 Å². The molecule has 1 amide bonds. The number of nitrogens with one attached hydrogen (secondary N) is 1. The molecule has 1 N–H and O–H groups in total. The van der Waals surface area contributed by atoms with E-state index in [9.17, 15) is 4.79 Å². The van der Waals surface area contributed by atoms with Gasteiger partial charge >= 0.3 is 0 Å². The molecule has 0 spiro atoms. The van der Waals surface area contributed by atoms with Gasteiger partial charge in [-0.05, 0) is 31.2 Å². The molecule has 0 aliphatic heterocycles. The molecule has 0 saturated carbocycles. The molecule has 3 rings (SSSR count). The Hall–Kier alpha value is -3.40. The topological polar surface area (TPSA) is 50.7 Å². The van der Waals surface area contributed by atoms with Crippen molar-refractivity contribution in [1.29, 1.82) is 0 Å². The quantitative estimate of drug-likeness (QED) is 0.557. The van der Waals surface area contributed by atoms with E-state index in [0.29, 0.717) is 17.0 Å². The number of ether oxygens (including phenoxy) is 1. The van der Waals surface area contributed by atoms with Crippen molar-refractivity contribution in [3.05, 3.63) is 101 Å². The minimum Gasteiger partial charge on any atom is -0.497 e. The summed E-state index contributed by atoms with van der Waals surface area (Å²) in [6.07, 6.45) is 0. The van der Waals surface area contributed by atoms with Gasteiger partial charge in [0.25, 0.3) is 5.91 Å². The maximum atomic E-state index is 12.4. The first-order valence-corrected chi connectivity index (χ1v) is 8.32. The van der Waals surface area contributed by atoms with Crippen LogP contribution in [0.25, 0.3) is 0 Å². The van der Waals surface area contributed by atoms with Gasteiger partial charge in [-0.2, -0.15) is 5.10 Å². The van der Waals surface area contributed by atoms with E-state index >= 15 is 0 Å². The number of amides is 1. The number of benzene rings is 3. The van der Waals surface area contributed by atoms with Crippen LogP contribution in [-0.2, 0) is 0 Å². The van der Waals surface area contributed by atoms with Crippen LogP contribution in [0.3, 0.4) is 0 Å².